The molecule has 0 spiro atoms. The van der Waals surface area contributed by atoms with Crippen LogP contribution in [-0.4, -0.2) is 10.7 Å². The van der Waals surface area contributed by atoms with E-state index in [1.165, 1.54) is 18.4 Å². The summed E-state index contributed by atoms with van der Waals surface area (Å²) in [6, 6.07) is 0. The summed E-state index contributed by atoms with van der Waals surface area (Å²) in [5, 5.41) is 10.6. The van der Waals surface area contributed by atoms with Gasteiger partial charge in [-0.15, -0.1) is 0 Å². The molecule has 3 rings (SSSR count). The van der Waals surface area contributed by atoms with Crippen LogP contribution in [0.3, 0.4) is 0 Å². The van der Waals surface area contributed by atoms with E-state index in [2.05, 4.69) is 27.4 Å². The van der Waals surface area contributed by atoms with E-state index in [-0.39, 0.29) is 0 Å². The summed E-state index contributed by atoms with van der Waals surface area (Å²) in [6.07, 6.45) is 4.64. The largest absolute Gasteiger partial charge is 0.390 e. The van der Waals surface area contributed by atoms with Gasteiger partial charge in [-0.25, -0.2) is 0 Å². The van der Waals surface area contributed by atoms with Crippen LogP contribution in [0.4, 0.5) is 0 Å². The SMILES string of the molecule is C=C1CCC2C(C3C1CC[C@]3(C)O)C2(C)C. The number of aliphatic hydroxyl groups is 1. The maximum absolute atomic E-state index is 10.6. The molecule has 0 amide bonds. The van der Waals surface area contributed by atoms with Crippen LogP contribution in [0.5, 0.6) is 0 Å². The summed E-state index contributed by atoms with van der Waals surface area (Å²) in [4.78, 5) is 0. The van der Waals surface area contributed by atoms with E-state index in [1.54, 1.807) is 0 Å². The van der Waals surface area contributed by atoms with Crippen LogP contribution in [0, 0.1) is 29.1 Å². The van der Waals surface area contributed by atoms with Crippen LogP contribution < -0.4 is 0 Å². The number of rotatable bonds is 0. The Hall–Kier alpha value is -0.300. The normalized spacial score (nSPS) is 54.1. The predicted molar refractivity (Wildman–Crippen MR) is 66.0 cm³/mol. The second-order valence-corrected chi connectivity index (χ2v) is 7.18. The molecule has 0 aliphatic heterocycles. The molecular formula is C15H24O. The zero-order valence-electron chi connectivity index (χ0n) is 10.8. The quantitative estimate of drug-likeness (QED) is 0.620. The monoisotopic (exact) mass is 220 g/mol. The maximum atomic E-state index is 10.6. The lowest BCUT2D eigenvalue weighted by Gasteiger charge is -2.31. The summed E-state index contributed by atoms with van der Waals surface area (Å²) in [7, 11) is 0. The van der Waals surface area contributed by atoms with Gasteiger partial charge in [0, 0.05) is 0 Å². The smallest absolute Gasteiger partial charge is 0.0656 e. The maximum Gasteiger partial charge on any atom is 0.0656 e. The topological polar surface area (TPSA) is 20.2 Å². The fourth-order valence-electron chi connectivity index (χ4n) is 4.90. The summed E-state index contributed by atoms with van der Waals surface area (Å²) < 4.78 is 0. The van der Waals surface area contributed by atoms with E-state index in [0.717, 1.165) is 24.7 Å². The Bertz CT molecular complexity index is 339. The summed E-state index contributed by atoms with van der Waals surface area (Å²) in [5.74, 6) is 2.67. The van der Waals surface area contributed by atoms with Gasteiger partial charge in [0.2, 0.25) is 0 Å². The van der Waals surface area contributed by atoms with E-state index >= 15 is 0 Å². The van der Waals surface area contributed by atoms with Crippen LogP contribution in [0.25, 0.3) is 0 Å². The summed E-state index contributed by atoms with van der Waals surface area (Å²) in [5.41, 5.74) is 1.46. The molecule has 4 unspecified atom stereocenters. The first-order valence-electron chi connectivity index (χ1n) is 6.76. The fourth-order valence-corrected chi connectivity index (χ4v) is 4.90. The Labute approximate surface area is 98.9 Å². The first kappa shape index (κ1) is 10.8. The molecule has 3 aliphatic carbocycles. The summed E-state index contributed by atoms with van der Waals surface area (Å²) >= 11 is 0. The highest BCUT2D eigenvalue weighted by atomic mass is 16.3. The molecule has 1 heteroatoms. The van der Waals surface area contributed by atoms with Crippen LogP contribution >= 0.6 is 0 Å². The van der Waals surface area contributed by atoms with Gasteiger partial charge in [-0.2, -0.15) is 0 Å². The van der Waals surface area contributed by atoms with Crippen molar-refractivity contribution in [3.8, 4) is 0 Å². The van der Waals surface area contributed by atoms with E-state index in [4.69, 9.17) is 0 Å². The van der Waals surface area contributed by atoms with E-state index < -0.39 is 5.60 Å². The Balaban J connectivity index is 1.98. The van der Waals surface area contributed by atoms with Crippen molar-refractivity contribution in [3.63, 3.8) is 0 Å². The molecule has 90 valence electrons. The van der Waals surface area contributed by atoms with Gasteiger partial charge < -0.3 is 5.11 Å². The molecule has 0 aromatic heterocycles. The van der Waals surface area contributed by atoms with Crippen LogP contribution in [0.1, 0.15) is 46.5 Å². The third-order valence-electron chi connectivity index (χ3n) is 5.94. The lowest BCUT2D eigenvalue weighted by molar-refractivity contribution is -0.00137. The average Bonchev–Trinajstić information content (AvgIpc) is 2.61. The minimum Gasteiger partial charge on any atom is -0.390 e. The predicted octanol–water partition coefficient (Wildman–Crippen LogP) is 3.39. The average molecular weight is 220 g/mol. The molecule has 3 aliphatic rings. The van der Waals surface area contributed by atoms with Crippen molar-refractivity contribution >= 4 is 0 Å². The molecule has 1 N–H and O–H groups in total. The van der Waals surface area contributed by atoms with Gasteiger partial charge in [0.15, 0.2) is 0 Å². The molecule has 0 saturated heterocycles. The second kappa shape index (κ2) is 2.93. The van der Waals surface area contributed by atoms with Crippen molar-refractivity contribution in [2.24, 2.45) is 29.1 Å². The van der Waals surface area contributed by atoms with E-state index in [0.29, 0.717) is 17.3 Å². The number of hydrogen-bond donors (Lipinski definition) is 1. The Morgan fingerprint density at radius 2 is 1.88 bits per heavy atom. The molecule has 1 nitrogen and oxygen atoms in total. The van der Waals surface area contributed by atoms with Crippen molar-refractivity contribution in [3.05, 3.63) is 12.2 Å². The van der Waals surface area contributed by atoms with Gasteiger partial charge in [-0.3, -0.25) is 0 Å². The zero-order valence-corrected chi connectivity index (χ0v) is 10.8. The van der Waals surface area contributed by atoms with E-state index in [9.17, 15) is 5.11 Å². The van der Waals surface area contributed by atoms with Gasteiger partial charge in [0.05, 0.1) is 5.60 Å². The number of hydrogen-bond acceptors (Lipinski definition) is 1. The fraction of sp³-hybridized carbons (Fsp3) is 0.867. The molecule has 0 aromatic rings. The number of fused-ring (bicyclic) bond motifs is 3. The standard InChI is InChI=1S/C15H24O/c1-9-5-6-11-13(14(11,2)3)12-10(9)7-8-15(12,4)16/h10-13,16H,1,5-8H2,2-4H3/t10?,11?,12?,13?,15-/m0/s1. The highest BCUT2D eigenvalue weighted by Gasteiger charge is 2.67. The molecule has 16 heavy (non-hydrogen) atoms. The third-order valence-corrected chi connectivity index (χ3v) is 5.94. The highest BCUT2D eigenvalue weighted by Crippen LogP contribution is 2.71. The van der Waals surface area contributed by atoms with Crippen molar-refractivity contribution in [1.82, 2.24) is 0 Å². The first-order chi connectivity index (χ1) is 7.36. The van der Waals surface area contributed by atoms with Crippen molar-refractivity contribution < 1.29 is 5.11 Å². The Morgan fingerprint density at radius 3 is 2.56 bits per heavy atom. The third kappa shape index (κ3) is 1.21. The highest BCUT2D eigenvalue weighted by molar-refractivity contribution is 5.22. The van der Waals surface area contributed by atoms with Gasteiger partial charge in [0.1, 0.15) is 0 Å². The lowest BCUT2D eigenvalue weighted by Crippen LogP contribution is -2.34. The summed E-state index contributed by atoms with van der Waals surface area (Å²) in [6.45, 7) is 11.1. The Morgan fingerprint density at radius 1 is 1.19 bits per heavy atom. The molecule has 0 bridgehead atoms. The van der Waals surface area contributed by atoms with E-state index in [1.807, 2.05) is 0 Å². The molecule has 5 atom stereocenters. The lowest BCUT2D eigenvalue weighted by atomic mass is 9.78. The van der Waals surface area contributed by atoms with Crippen LogP contribution in [-0.2, 0) is 0 Å². The number of allylic oxidation sites excluding steroid dienone is 1. The molecular weight excluding hydrogens is 196 g/mol. The molecule has 3 fully saturated rings. The van der Waals surface area contributed by atoms with Crippen LogP contribution in [0.15, 0.2) is 12.2 Å². The van der Waals surface area contributed by atoms with Gasteiger partial charge in [0.25, 0.3) is 0 Å². The Kier molecular flexibility index (Phi) is 1.98. The molecule has 0 aromatic carbocycles. The molecule has 3 saturated carbocycles. The van der Waals surface area contributed by atoms with Crippen molar-refractivity contribution in [1.29, 1.82) is 0 Å². The second-order valence-electron chi connectivity index (χ2n) is 7.18. The van der Waals surface area contributed by atoms with Gasteiger partial charge >= 0.3 is 0 Å². The van der Waals surface area contributed by atoms with Crippen LogP contribution in [0.2, 0.25) is 0 Å². The van der Waals surface area contributed by atoms with Gasteiger partial charge in [-0.1, -0.05) is 26.0 Å². The minimum absolute atomic E-state index is 0.436. The molecule has 0 radical (unpaired) electrons. The first-order valence-corrected chi connectivity index (χ1v) is 6.76. The van der Waals surface area contributed by atoms with Gasteiger partial charge in [-0.05, 0) is 61.7 Å². The van der Waals surface area contributed by atoms with Crippen molar-refractivity contribution in [2.45, 2.75) is 52.1 Å². The molecule has 0 heterocycles. The minimum atomic E-state index is -0.436. The zero-order chi connectivity index (χ0) is 11.7. The van der Waals surface area contributed by atoms with Crippen molar-refractivity contribution in [2.75, 3.05) is 0 Å².